The van der Waals surface area contributed by atoms with Crippen LogP contribution in [-0.4, -0.2) is 16.2 Å². The first-order chi connectivity index (χ1) is 11.5. The van der Waals surface area contributed by atoms with Crippen molar-refractivity contribution in [3.05, 3.63) is 65.5 Å². The number of nitrogens with zero attached hydrogens (tertiary/aromatic N) is 1. The van der Waals surface area contributed by atoms with E-state index < -0.39 is 17.7 Å². The van der Waals surface area contributed by atoms with Crippen LogP contribution in [0.15, 0.2) is 42.6 Å². The Morgan fingerprint density at radius 2 is 2.00 bits per heavy atom. The topological polar surface area (TPSA) is 33.1 Å². The molecule has 3 rings (SSSR count). The van der Waals surface area contributed by atoms with Gasteiger partial charge in [-0.25, -0.2) is 8.78 Å². The van der Waals surface area contributed by atoms with E-state index >= 15 is 0 Å². The Hall–Kier alpha value is -2.77. The zero-order valence-electron chi connectivity index (χ0n) is 13.1. The second-order valence-corrected chi connectivity index (χ2v) is 5.70. The summed E-state index contributed by atoms with van der Waals surface area (Å²) in [6, 6.07) is 9.72. The van der Waals surface area contributed by atoms with E-state index in [9.17, 15) is 13.9 Å². The second-order valence-electron chi connectivity index (χ2n) is 5.70. The van der Waals surface area contributed by atoms with Crippen LogP contribution in [-0.2, 0) is 6.42 Å². The van der Waals surface area contributed by atoms with Crippen LogP contribution in [0.3, 0.4) is 0 Å². The van der Waals surface area contributed by atoms with E-state index in [0.29, 0.717) is 16.6 Å². The number of aromatic nitrogens is 1. The molecule has 0 aliphatic carbocycles. The van der Waals surface area contributed by atoms with Gasteiger partial charge in [-0.2, -0.15) is 0 Å². The number of rotatable bonds is 3. The SMILES string of the molecule is C#CC(O)Cc1ccc(-c2ccc3cc(C)cc(F)c3c2F)cn1. The molecule has 0 fully saturated rings. The monoisotopic (exact) mass is 323 g/mol. The summed E-state index contributed by atoms with van der Waals surface area (Å²) < 4.78 is 28.9. The Labute approximate surface area is 138 Å². The fourth-order valence-corrected chi connectivity index (χ4v) is 2.70. The molecule has 24 heavy (non-hydrogen) atoms. The van der Waals surface area contributed by atoms with E-state index in [2.05, 4.69) is 10.9 Å². The maximum absolute atomic E-state index is 14.8. The first kappa shape index (κ1) is 16.1. The van der Waals surface area contributed by atoms with Gasteiger partial charge in [0.05, 0.1) is 5.39 Å². The van der Waals surface area contributed by atoms with Gasteiger partial charge in [-0.1, -0.05) is 30.2 Å². The van der Waals surface area contributed by atoms with Gasteiger partial charge in [0, 0.05) is 29.4 Å². The maximum atomic E-state index is 14.8. The molecule has 0 amide bonds. The standard InChI is InChI=1S/C20H15F2NO/c1-3-16(24)10-15-6-4-14(11-23-15)17-7-5-13-8-12(2)9-18(21)19(13)20(17)22/h1,4-9,11,16,24H,10H2,2H3. The van der Waals surface area contributed by atoms with Crippen molar-refractivity contribution in [1.29, 1.82) is 0 Å². The minimum atomic E-state index is -0.905. The number of aliphatic hydroxyl groups excluding tert-OH is 1. The summed E-state index contributed by atoms with van der Waals surface area (Å²) in [4.78, 5) is 4.18. The van der Waals surface area contributed by atoms with Gasteiger partial charge in [-0.3, -0.25) is 4.98 Å². The Morgan fingerprint density at radius 3 is 2.67 bits per heavy atom. The predicted octanol–water partition coefficient (Wildman–Crippen LogP) is 4.03. The van der Waals surface area contributed by atoms with Crippen LogP contribution in [0.5, 0.6) is 0 Å². The smallest absolute Gasteiger partial charge is 0.141 e. The lowest BCUT2D eigenvalue weighted by Crippen LogP contribution is -2.08. The summed E-state index contributed by atoms with van der Waals surface area (Å²) in [6.07, 6.45) is 5.94. The third kappa shape index (κ3) is 2.99. The van der Waals surface area contributed by atoms with Gasteiger partial charge in [0.15, 0.2) is 0 Å². The highest BCUT2D eigenvalue weighted by Crippen LogP contribution is 2.31. The Bertz CT molecular complexity index is 942. The zero-order chi connectivity index (χ0) is 17.3. The molecule has 1 aromatic heterocycles. The number of aliphatic hydroxyl groups is 1. The normalized spacial score (nSPS) is 12.1. The lowest BCUT2D eigenvalue weighted by Gasteiger charge is -2.09. The molecule has 1 unspecified atom stereocenters. The average Bonchev–Trinajstić information content (AvgIpc) is 2.55. The number of benzene rings is 2. The van der Waals surface area contributed by atoms with Crippen molar-refractivity contribution < 1.29 is 13.9 Å². The first-order valence-electron chi connectivity index (χ1n) is 7.47. The highest BCUT2D eigenvalue weighted by molar-refractivity contribution is 5.89. The minimum absolute atomic E-state index is 0.0232. The van der Waals surface area contributed by atoms with E-state index in [-0.39, 0.29) is 17.4 Å². The zero-order valence-corrected chi connectivity index (χ0v) is 13.1. The summed E-state index contributed by atoms with van der Waals surface area (Å²) >= 11 is 0. The lowest BCUT2D eigenvalue weighted by molar-refractivity contribution is 0.232. The van der Waals surface area contributed by atoms with Gasteiger partial charge >= 0.3 is 0 Å². The highest BCUT2D eigenvalue weighted by Gasteiger charge is 2.14. The van der Waals surface area contributed by atoms with Crippen LogP contribution < -0.4 is 0 Å². The van der Waals surface area contributed by atoms with E-state index in [0.717, 1.165) is 5.56 Å². The molecule has 1 heterocycles. The van der Waals surface area contributed by atoms with Crippen LogP contribution in [0.1, 0.15) is 11.3 Å². The quantitative estimate of drug-likeness (QED) is 0.738. The van der Waals surface area contributed by atoms with Crippen molar-refractivity contribution in [3.8, 4) is 23.5 Å². The number of pyridine rings is 1. The van der Waals surface area contributed by atoms with E-state index in [1.807, 2.05) is 0 Å². The lowest BCUT2D eigenvalue weighted by atomic mass is 9.99. The fraction of sp³-hybridized carbons (Fsp3) is 0.150. The van der Waals surface area contributed by atoms with Crippen molar-refractivity contribution in [2.75, 3.05) is 0 Å². The molecule has 0 aliphatic heterocycles. The molecular formula is C20H15F2NO. The molecule has 1 N–H and O–H groups in total. The molecule has 0 bridgehead atoms. The van der Waals surface area contributed by atoms with Gasteiger partial charge in [0.25, 0.3) is 0 Å². The van der Waals surface area contributed by atoms with Gasteiger partial charge in [-0.15, -0.1) is 6.42 Å². The summed E-state index contributed by atoms with van der Waals surface area (Å²) in [6.45, 7) is 1.77. The summed E-state index contributed by atoms with van der Waals surface area (Å²) in [5, 5.41) is 9.94. The molecule has 0 aliphatic rings. The molecule has 3 aromatic rings. The number of halogens is 2. The number of terminal acetylenes is 1. The Kier molecular flexibility index (Phi) is 4.28. The van der Waals surface area contributed by atoms with Gasteiger partial charge in [-0.05, 0) is 30.0 Å². The summed E-state index contributed by atoms with van der Waals surface area (Å²) in [5.74, 6) is 1.03. The van der Waals surface area contributed by atoms with Gasteiger partial charge in [0.2, 0.25) is 0 Å². The molecule has 0 saturated heterocycles. The maximum Gasteiger partial charge on any atom is 0.141 e. The molecule has 2 nitrogen and oxygen atoms in total. The number of aryl methyl sites for hydroxylation is 1. The molecule has 120 valence electrons. The van der Waals surface area contributed by atoms with E-state index in [1.165, 1.54) is 12.3 Å². The molecule has 0 spiro atoms. The fourth-order valence-electron chi connectivity index (χ4n) is 2.70. The van der Waals surface area contributed by atoms with Crippen LogP contribution in [0.4, 0.5) is 8.78 Å². The molecular weight excluding hydrogens is 308 g/mol. The van der Waals surface area contributed by atoms with Crippen LogP contribution in [0.2, 0.25) is 0 Å². The van der Waals surface area contributed by atoms with Crippen LogP contribution in [0, 0.1) is 30.9 Å². The van der Waals surface area contributed by atoms with Gasteiger partial charge in [0.1, 0.15) is 17.7 Å². The molecule has 4 heteroatoms. The third-order valence-electron chi connectivity index (χ3n) is 3.88. The largest absolute Gasteiger partial charge is 0.380 e. The summed E-state index contributed by atoms with van der Waals surface area (Å²) in [5.41, 5.74) is 2.16. The van der Waals surface area contributed by atoms with Gasteiger partial charge < -0.3 is 5.11 Å². The predicted molar refractivity (Wildman–Crippen MR) is 90.4 cm³/mol. The highest BCUT2D eigenvalue weighted by atomic mass is 19.1. The third-order valence-corrected chi connectivity index (χ3v) is 3.88. The van der Waals surface area contributed by atoms with E-state index in [4.69, 9.17) is 6.42 Å². The molecule has 2 aromatic carbocycles. The van der Waals surface area contributed by atoms with Crippen LogP contribution >= 0.6 is 0 Å². The average molecular weight is 323 g/mol. The molecule has 0 saturated carbocycles. The van der Waals surface area contributed by atoms with E-state index in [1.54, 1.807) is 37.3 Å². The summed E-state index contributed by atoms with van der Waals surface area (Å²) in [7, 11) is 0. The van der Waals surface area contributed by atoms with Crippen LogP contribution in [0.25, 0.3) is 21.9 Å². The number of hydrogen-bond donors (Lipinski definition) is 1. The van der Waals surface area contributed by atoms with Crippen molar-refractivity contribution >= 4 is 10.8 Å². The molecule has 0 radical (unpaired) electrons. The Balaban J connectivity index is 2.04. The molecule has 1 atom stereocenters. The first-order valence-corrected chi connectivity index (χ1v) is 7.47. The number of hydrogen-bond acceptors (Lipinski definition) is 2. The van der Waals surface area contributed by atoms with Crippen molar-refractivity contribution in [2.45, 2.75) is 19.4 Å². The minimum Gasteiger partial charge on any atom is -0.380 e. The second kappa shape index (κ2) is 6.38. The Morgan fingerprint density at radius 1 is 1.21 bits per heavy atom. The van der Waals surface area contributed by atoms with Crippen molar-refractivity contribution in [1.82, 2.24) is 4.98 Å². The van der Waals surface area contributed by atoms with Crippen molar-refractivity contribution in [2.24, 2.45) is 0 Å². The van der Waals surface area contributed by atoms with Crippen molar-refractivity contribution in [3.63, 3.8) is 0 Å². The number of fused-ring (bicyclic) bond motifs is 1.